The molecule has 17 rings (SSSR count). The van der Waals surface area contributed by atoms with Crippen LogP contribution >= 0.6 is 0 Å². The molecular weight excluding hydrogens is 1470 g/mol. The van der Waals surface area contributed by atoms with E-state index in [1.165, 1.54) is 124 Å². The number of hydrazone groups is 1. The number of carbonyl (C=O) groups is 1. The van der Waals surface area contributed by atoms with Crippen LogP contribution in [-0.4, -0.2) is 152 Å². The number of carbonyl (C=O) groups excluding carboxylic acids is 1. The summed E-state index contributed by atoms with van der Waals surface area (Å²) < 4.78 is 15.9. The number of nitrogens with zero attached hydrogens (tertiary/aromatic N) is 9. The summed E-state index contributed by atoms with van der Waals surface area (Å²) in [4.78, 5) is 46.0. The Labute approximate surface area is 709 Å². The molecule has 21 heteroatoms. The number of aromatic nitrogens is 7. The number of alkyl carbamates (subject to hydrolysis) is 1. The number of piperidine rings is 1. The largest absolute Gasteiger partial charge is 0.443 e. The zero-order valence-corrected chi connectivity index (χ0v) is 77.8. The van der Waals surface area contributed by atoms with Gasteiger partial charge in [-0.25, -0.2) is 20.2 Å². The summed E-state index contributed by atoms with van der Waals surface area (Å²) >= 11 is 0. The number of imidazole rings is 2. The first-order valence-electron chi connectivity index (χ1n) is 43.8. The van der Waals surface area contributed by atoms with Gasteiger partial charge in [0.1, 0.15) is 11.9 Å². The third-order valence-corrected chi connectivity index (χ3v) is 24.0. The van der Waals surface area contributed by atoms with Crippen LogP contribution < -0.4 is 16.1 Å². The molecule has 8 N–H and O–H groups in total. The summed E-state index contributed by atoms with van der Waals surface area (Å²) in [7, 11) is 0. The zero-order valence-electron chi connectivity index (χ0n) is 77.8. The predicted molar refractivity (Wildman–Crippen MR) is 490 cm³/mol. The highest BCUT2D eigenvalue weighted by molar-refractivity contribution is 6.07. The molecule has 2 fully saturated rings. The lowest BCUT2D eigenvalue weighted by Crippen LogP contribution is -2.54. The van der Waals surface area contributed by atoms with Crippen LogP contribution in [0.2, 0.25) is 0 Å². The molecule has 0 radical (unpaired) electrons. The minimum absolute atomic E-state index is 0.0514. The standard InChI is InChI=1S/C16H17N.C12H19N.C11H18N2O.2C11H18N2.C10H17N3.C10H18N2O2.C8H14N2O.C8H14N2/c1-16(2,3)11-8-9-15-13(10-11)12-6-4-5-7-14(12)17-15;1-12(2,3)10-4-5-11-9(8-10)6-7-13-11;1-8-12-9-5-6-13(11(2,3)4)7-10(9)14-8;1-11(2,3)13-7-5-10-9(8-13)4-6-12-10;1-11(2,3)8-4-5-9-10(6-8)13-7-12-9;1-10(2,3)13-5-4-8-9(6-13)12-7-11-8;1-10(2,3)12-5-4-7-8(6-12)14-9(13)11-7;1-6-9-10-7(11-6)5-8(2,3)4;1-8(2,3)6-7-4-5-9-10-7/h4-10,17H,1-3H3;6-7,10,13H,4-5,8H2,1-3H3;12H,1,5-7H2,2-4H3;4,6,12H,5,7-8H2,1-3H3;7-8H,4-6H2,1-3H3,(H,12,13);7H,4-6H2,1-3H3,(H,11,12);7-8H,4-6H2,1-3H3,(H,11,13);9H,1,5H2,2-4H3;5H,4,6H2,1-3H3. The van der Waals surface area contributed by atoms with Gasteiger partial charge in [0, 0.05) is 163 Å². The van der Waals surface area contributed by atoms with E-state index in [0.717, 1.165) is 114 Å². The first-order chi connectivity index (χ1) is 54.8. The summed E-state index contributed by atoms with van der Waals surface area (Å²) in [6.07, 6.45) is 24.0. The van der Waals surface area contributed by atoms with E-state index in [4.69, 9.17) is 14.2 Å². The molecule has 13 heterocycles. The Morgan fingerprint density at radius 3 is 1.69 bits per heavy atom. The van der Waals surface area contributed by atoms with Crippen molar-refractivity contribution >= 4 is 45.7 Å². The Morgan fingerprint density at radius 2 is 1.08 bits per heavy atom. The number of nitrogens with one attached hydrogen (secondary N) is 8. The van der Waals surface area contributed by atoms with E-state index in [2.05, 4.69) is 353 Å². The number of aryl methyl sites for hydroxylation is 2. The Bertz CT molecular complexity index is 4310. The Morgan fingerprint density at radius 1 is 0.517 bits per heavy atom. The summed E-state index contributed by atoms with van der Waals surface area (Å²) in [6.45, 7) is 76.4. The first kappa shape index (κ1) is 93.6. The smallest absolute Gasteiger partial charge is 0.407 e. The van der Waals surface area contributed by atoms with Crippen molar-refractivity contribution in [1.82, 2.24) is 70.5 Å². The van der Waals surface area contributed by atoms with Gasteiger partial charge in [-0.1, -0.05) is 128 Å². The van der Waals surface area contributed by atoms with Gasteiger partial charge < -0.3 is 49.8 Å². The van der Waals surface area contributed by atoms with Crippen molar-refractivity contribution in [3.8, 4) is 0 Å². The van der Waals surface area contributed by atoms with Crippen LogP contribution in [0.25, 0.3) is 21.8 Å². The summed E-state index contributed by atoms with van der Waals surface area (Å²) in [5, 5.41) is 20.4. The third-order valence-electron chi connectivity index (χ3n) is 24.0. The van der Waals surface area contributed by atoms with Crippen molar-refractivity contribution in [2.45, 2.75) is 323 Å². The number of likely N-dealkylation sites (tertiary alicyclic amines) is 1. The van der Waals surface area contributed by atoms with E-state index in [9.17, 15) is 4.79 Å². The molecule has 0 spiro atoms. The first-order valence-corrected chi connectivity index (χ1v) is 43.8. The van der Waals surface area contributed by atoms with Gasteiger partial charge in [0.15, 0.2) is 5.88 Å². The topological polar surface area (TPSA) is 236 Å². The van der Waals surface area contributed by atoms with Crippen LogP contribution in [0.5, 0.6) is 0 Å². The Kier molecular flexibility index (Phi) is 30.7. The fraction of sp³-hybridized carbons (Fsp3) is 0.629. The third kappa shape index (κ3) is 27.9. The highest BCUT2D eigenvalue weighted by atomic mass is 16.6. The molecule has 118 heavy (non-hydrogen) atoms. The number of hydrogen-bond donors (Lipinski definition) is 8. The van der Waals surface area contributed by atoms with Crippen molar-refractivity contribution in [2.24, 2.45) is 48.8 Å². The summed E-state index contributed by atoms with van der Waals surface area (Å²) in [5.74, 6) is 4.63. The molecule has 8 aliphatic heterocycles. The van der Waals surface area contributed by atoms with Gasteiger partial charge >= 0.3 is 6.09 Å². The van der Waals surface area contributed by atoms with Gasteiger partial charge in [-0.3, -0.25) is 19.6 Å². The van der Waals surface area contributed by atoms with Crippen LogP contribution in [0.3, 0.4) is 0 Å². The second-order valence-corrected chi connectivity index (χ2v) is 43.4. The van der Waals surface area contributed by atoms with Crippen LogP contribution in [0.4, 0.5) is 4.79 Å². The quantitative estimate of drug-likeness (QED) is 0.0807. The number of fused-ring (bicyclic) bond motifs is 8. The van der Waals surface area contributed by atoms with E-state index >= 15 is 0 Å². The van der Waals surface area contributed by atoms with Gasteiger partial charge in [0.05, 0.1) is 48.0 Å². The molecule has 7 aromatic rings. The number of benzene rings is 2. The Balaban J connectivity index is 0.000000152. The number of rotatable bonds is 2. The normalized spacial score (nSPS) is 20.8. The van der Waals surface area contributed by atoms with Crippen molar-refractivity contribution in [3.63, 3.8) is 0 Å². The van der Waals surface area contributed by atoms with Crippen LogP contribution in [-0.2, 0) is 71.2 Å². The highest BCUT2D eigenvalue weighted by Gasteiger charge is 2.42. The lowest BCUT2D eigenvalue weighted by atomic mass is 9.72. The maximum absolute atomic E-state index is 11.0. The average Bonchev–Trinajstić information content (AvgIpc) is 1.63. The van der Waals surface area contributed by atoms with E-state index in [1.807, 2.05) is 12.5 Å². The molecule has 4 unspecified atom stereocenters. The molecule has 4 atom stereocenters. The second kappa shape index (κ2) is 38.7. The molecule has 0 bridgehead atoms. The number of hydrogen-bond acceptors (Lipinski definition) is 15. The van der Waals surface area contributed by atoms with Crippen molar-refractivity contribution < 1.29 is 19.0 Å². The Hall–Kier alpha value is -8.24. The van der Waals surface area contributed by atoms with Gasteiger partial charge in [0.2, 0.25) is 11.8 Å². The molecule has 5 aromatic heterocycles. The van der Waals surface area contributed by atoms with Crippen LogP contribution in [0, 0.1) is 33.5 Å². The summed E-state index contributed by atoms with van der Waals surface area (Å²) in [5.41, 5.74) is 22.7. The highest BCUT2D eigenvalue weighted by Crippen LogP contribution is 2.39. The van der Waals surface area contributed by atoms with E-state index < -0.39 is 0 Å². The molecule has 1 amide bonds. The van der Waals surface area contributed by atoms with Gasteiger partial charge in [0.25, 0.3) is 0 Å². The van der Waals surface area contributed by atoms with Crippen molar-refractivity contribution in [1.29, 1.82) is 0 Å². The number of H-pyrrole nitrogens is 5. The van der Waals surface area contributed by atoms with E-state index in [-0.39, 0.29) is 45.7 Å². The number of aromatic amines is 5. The van der Waals surface area contributed by atoms with Gasteiger partial charge in [-0.2, -0.15) is 10.2 Å². The second-order valence-electron chi connectivity index (χ2n) is 43.4. The molecule has 21 nitrogen and oxygen atoms in total. The molecule has 2 saturated heterocycles. The molecule has 0 saturated carbocycles. The molecule has 2 aliphatic carbocycles. The number of para-hydroxylation sites is 1. The van der Waals surface area contributed by atoms with Crippen LogP contribution in [0.1, 0.15) is 283 Å². The lowest BCUT2D eigenvalue weighted by molar-refractivity contribution is 0.0255. The molecule has 650 valence electrons. The van der Waals surface area contributed by atoms with E-state index in [0.29, 0.717) is 33.6 Å². The summed E-state index contributed by atoms with van der Waals surface area (Å²) in [6, 6.07) is 19.9. The van der Waals surface area contributed by atoms with Crippen molar-refractivity contribution in [3.05, 3.63) is 167 Å². The minimum atomic E-state index is -0.254. The predicted octanol–water partition coefficient (Wildman–Crippen LogP) is 20.9. The molecule has 10 aliphatic rings. The number of ether oxygens (including phenoxy) is 3. The van der Waals surface area contributed by atoms with Crippen molar-refractivity contribution in [2.75, 3.05) is 39.3 Å². The van der Waals surface area contributed by atoms with E-state index in [1.54, 1.807) is 11.9 Å². The van der Waals surface area contributed by atoms with Gasteiger partial charge in [-0.15, -0.1) is 5.10 Å². The van der Waals surface area contributed by atoms with Crippen LogP contribution in [0.15, 0.2) is 131 Å². The van der Waals surface area contributed by atoms with Gasteiger partial charge in [-0.05, 0) is 234 Å². The molecular formula is C97H153N17O4. The fourth-order valence-corrected chi connectivity index (χ4v) is 16.3. The lowest BCUT2D eigenvalue weighted by Gasteiger charge is -2.41. The minimum Gasteiger partial charge on any atom is -0.443 e. The maximum atomic E-state index is 11.0. The maximum Gasteiger partial charge on any atom is 0.407 e. The zero-order chi connectivity index (χ0) is 86.7. The fourth-order valence-electron chi connectivity index (χ4n) is 16.3. The molecule has 2 aromatic carbocycles. The SMILES string of the molecule is C=C1NC2=C(CN(C(C)(C)C)CC2)O1.C=C1NN=C(CC(C)(C)C)O1.CC(C)(C)C1CCc2[nH]ccc2C1.CC(C)(C)C1CCc2nc[nH]c2C1.CC(C)(C)CC1=NN=CC1.CC(C)(C)N1CCC2NC(=O)OC2C1.CC(C)(C)N1CCc2[nH]ccc2C1.CC(C)(C)N1CCc2nc[nH]c2C1.CC(C)(C)c1ccc2[nH]c3ccccc3c2c1. The average molecular weight is 1620 g/mol. The monoisotopic (exact) mass is 1620 g/mol. The number of amides is 1.